The molecule has 0 spiro atoms. The molecule has 0 fully saturated rings. The van der Waals surface area contributed by atoms with Crippen molar-refractivity contribution in [2.75, 3.05) is 28.3 Å². The molecule has 60 heavy (non-hydrogen) atoms. The van der Waals surface area contributed by atoms with Gasteiger partial charge in [-0.3, -0.25) is 9.59 Å². The number of aryl methyl sites for hydroxylation is 3. The minimum Gasteiger partial charge on any atom is -0.748 e. The first-order valence-electron chi connectivity index (χ1n) is 19.2. The number of carbonyl (C=O) groups excluding carboxylic acids is 1. The van der Waals surface area contributed by atoms with Crippen LogP contribution in [0.5, 0.6) is 5.75 Å². The van der Waals surface area contributed by atoms with Crippen LogP contribution in [-0.4, -0.2) is 53.1 Å². The van der Waals surface area contributed by atoms with Crippen molar-refractivity contribution in [2.45, 2.75) is 62.7 Å². The standard InChI is InChI=1S/C23H23Cl2NO3S3.C22H21NO4S/c1-2-3-10-26-19-13-16(25)7-9-21(19)31-23(26)14-22-17(5-4-11-32(27,28)29)18-12-15(24)6-8-20(18)30-22;1-13-7-8-14(2)18(11-13)23-22(27)17-12-19(28-10-9-20(24)25)15-5-3-4-6-16(15)21(17)26/h6-9,12-14H,2-5,10-11H2,1H3,(H,27,28,29);3-8,11-12,26H,9-10H2,1-2H3,(H,23,27)(H,24,25)/p-1. The summed E-state index contributed by atoms with van der Waals surface area (Å²) in [5.41, 5.74) is 4.96. The summed E-state index contributed by atoms with van der Waals surface area (Å²) in [5, 5.41) is 27.3. The lowest BCUT2D eigenvalue weighted by molar-refractivity contribution is -0.136. The zero-order valence-electron chi connectivity index (χ0n) is 33.1. The fourth-order valence-corrected chi connectivity index (χ4v) is 10.9. The summed E-state index contributed by atoms with van der Waals surface area (Å²) in [4.78, 5) is 29.0. The average molecular weight is 923 g/mol. The van der Waals surface area contributed by atoms with E-state index in [1.54, 1.807) is 41.3 Å². The minimum absolute atomic E-state index is 0.0177. The molecule has 0 aliphatic carbocycles. The minimum atomic E-state index is -4.25. The maximum atomic E-state index is 12.9. The number of nitrogens with one attached hydrogen (secondary N) is 1. The Bertz CT molecular complexity index is 2720. The Kier molecular flexibility index (Phi) is 15.2. The Labute approximate surface area is 372 Å². The number of aliphatic carboxylic acids is 1. The molecule has 1 aromatic heterocycles. The van der Waals surface area contributed by atoms with E-state index in [1.165, 1.54) is 16.7 Å². The van der Waals surface area contributed by atoms with Gasteiger partial charge in [-0.25, -0.2) is 8.42 Å². The van der Waals surface area contributed by atoms with Gasteiger partial charge >= 0.3 is 5.97 Å². The molecule has 2 heterocycles. The molecular weight excluding hydrogens is 880 g/mol. The molecule has 9 nitrogen and oxygen atoms in total. The number of benzene rings is 5. The zero-order chi connectivity index (χ0) is 43.1. The van der Waals surface area contributed by atoms with Crippen LogP contribution in [0.4, 0.5) is 11.4 Å². The highest BCUT2D eigenvalue weighted by molar-refractivity contribution is 8.04. The third-order valence-electron chi connectivity index (χ3n) is 9.72. The number of fused-ring (bicyclic) bond motifs is 3. The van der Waals surface area contributed by atoms with E-state index in [0.29, 0.717) is 33.3 Å². The molecule has 3 N–H and O–H groups in total. The predicted octanol–water partition coefficient (Wildman–Crippen LogP) is 12.4. The van der Waals surface area contributed by atoms with Crippen molar-refractivity contribution in [1.82, 2.24) is 0 Å². The number of anilines is 2. The Balaban J connectivity index is 0.000000203. The number of thioether (sulfide) groups is 2. The lowest BCUT2D eigenvalue weighted by atomic mass is 10.0. The molecule has 6 aromatic rings. The fraction of sp³-hybridized carbons (Fsp3) is 0.244. The molecule has 314 valence electrons. The van der Waals surface area contributed by atoms with Crippen LogP contribution in [0.15, 0.2) is 99.7 Å². The van der Waals surface area contributed by atoms with Gasteiger partial charge in [-0.15, -0.1) is 23.1 Å². The highest BCUT2D eigenvalue weighted by Gasteiger charge is 2.26. The van der Waals surface area contributed by atoms with E-state index in [0.717, 1.165) is 72.0 Å². The Hall–Kier alpha value is -4.21. The number of carboxylic acid groups (broad SMARTS) is 1. The van der Waals surface area contributed by atoms with Crippen LogP contribution in [0.1, 0.15) is 64.5 Å². The molecule has 1 amide bonds. The molecule has 15 heteroatoms. The molecule has 0 atom stereocenters. The summed E-state index contributed by atoms with van der Waals surface area (Å²) < 4.78 is 34.5. The third kappa shape index (κ3) is 11.4. The highest BCUT2D eigenvalue weighted by Crippen LogP contribution is 2.49. The van der Waals surface area contributed by atoms with Crippen LogP contribution in [0.3, 0.4) is 0 Å². The molecule has 0 saturated carbocycles. The first kappa shape index (κ1) is 45.3. The van der Waals surface area contributed by atoms with Crippen molar-refractivity contribution in [1.29, 1.82) is 0 Å². The molecule has 1 aliphatic heterocycles. The van der Waals surface area contributed by atoms with Crippen molar-refractivity contribution in [3.63, 3.8) is 0 Å². The normalized spacial score (nSPS) is 13.1. The van der Waals surface area contributed by atoms with Gasteiger partial charge in [-0.1, -0.05) is 84.7 Å². The van der Waals surface area contributed by atoms with Crippen molar-refractivity contribution >= 4 is 118 Å². The Morgan fingerprint density at radius 2 is 1.67 bits per heavy atom. The van der Waals surface area contributed by atoms with E-state index in [-0.39, 0.29) is 29.9 Å². The van der Waals surface area contributed by atoms with Gasteiger partial charge in [0.15, 0.2) is 0 Å². The summed E-state index contributed by atoms with van der Waals surface area (Å²) in [6.45, 7) is 6.91. The number of hydrogen-bond donors (Lipinski definition) is 3. The number of hydrogen-bond acceptors (Lipinski definition) is 10. The van der Waals surface area contributed by atoms with Crippen molar-refractivity contribution < 1.29 is 32.8 Å². The number of phenolic OH excluding ortho intramolecular Hbond substituents is 1. The lowest BCUT2D eigenvalue weighted by Gasteiger charge is -2.20. The van der Waals surface area contributed by atoms with Crippen LogP contribution >= 0.6 is 58.1 Å². The SMILES string of the molecule is CCCCN1C(=Cc2sc3ccc(Cl)cc3c2CCCS(=O)(=O)[O-])Sc2ccc(Cl)cc21.Cc1ccc(C)c(NC(=O)c2cc(SCCC(=O)O)c3ccccc3c2O)c1. The number of thiophene rings is 1. The number of halogens is 2. The van der Waals surface area contributed by atoms with E-state index < -0.39 is 22.0 Å². The molecular formula is C45H43Cl2N2O7S4-. The van der Waals surface area contributed by atoms with Gasteiger partial charge in [-0.2, -0.15) is 0 Å². The van der Waals surface area contributed by atoms with Crippen molar-refractivity contribution in [2.24, 2.45) is 0 Å². The number of carboxylic acids is 1. The zero-order valence-corrected chi connectivity index (χ0v) is 37.9. The maximum absolute atomic E-state index is 12.9. The molecule has 0 bridgehead atoms. The number of amides is 1. The van der Waals surface area contributed by atoms with Gasteiger partial charge in [0.2, 0.25) is 0 Å². The second-order valence-corrected chi connectivity index (χ2v) is 19.9. The predicted molar refractivity (Wildman–Crippen MR) is 250 cm³/mol. The van der Waals surface area contributed by atoms with Crippen LogP contribution in [-0.2, 0) is 21.3 Å². The molecule has 0 saturated heterocycles. The summed E-state index contributed by atoms with van der Waals surface area (Å²) in [7, 11) is -4.25. The van der Waals surface area contributed by atoms with E-state index in [2.05, 4.69) is 23.2 Å². The van der Waals surface area contributed by atoms with Gasteiger partial charge < -0.3 is 25.0 Å². The monoisotopic (exact) mass is 921 g/mol. The quantitative estimate of drug-likeness (QED) is 0.0712. The van der Waals surface area contributed by atoms with Crippen LogP contribution in [0.2, 0.25) is 10.0 Å². The van der Waals surface area contributed by atoms with Crippen molar-refractivity contribution in [3.8, 4) is 5.75 Å². The summed E-state index contributed by atoms with van der Waals surface area (Å²) >= 11 is 17.3. The third-order valence-corrected chi connectivity index (χ3v) is 14.3. The van der Waals surface area contributed by atoms with E-state index in [4.69, 9.17) is 28.3 Å². The molecule has 5 aromatic carbocycles. The first-order valence-corrected chi connectivity index (χ1v) is 24.2. The Morgan fingerprint density at radius 1 is 0.933 bits per heavy atom. The smallest absolute Gasteiger partial charge is 0.304 e. The van der Waals surface area contributed by atoms with E-state index >= 15 is 0 Å². The van der Waals surface area contributed by atoms with Gasteiger partial charge in [-0.05, 0) is 115 Å². The summed E-state index contributed by atoms with van der Waals surface area (Å²) in [5.74, 6) is -1.36. The Morgan fingerprint density at radius 3 is 2.40 bits per heavy atom. The second kappa shape index (κ2) is 20.1. The molecule has 7 rings (SSSR count). The number of rotatable bonds is 14. The number of phenols is 1. The van der Waals surface area contributed by atoms with Gasteiger partial charge in [0.25, 0.3) is 5.91 Å². The van der Waals surface area contributed by atoms with Gasteiger partial charge in [0, 0.05) is 58.5 Å². The van der Waals surface area contributed by atoms with Gasteiger partial charge in [0.05, 0.1) is 32.8 Å². The highest BCUT2D eigenvalue weighted by atomic mass is 35.5. The first-order chi connectivity index (χ1) is 28.6. The number of unbranched alkanes of at least 4 members (excludes halogenated alkanes) is 1. The topological polar surface area (TPSA) is 147 Å². The number of nitrogens with zero attached hydrogens (tertiary/aromatic N) is 1. The molecule has 1 aliphatic rings. The largest absolute Gasteiger partial charge is 0.748 e. The van der Waals surface area contributed by atoms with Gasteiger partial charge in [0.1, 0.15) is 5.75 Å². The van der Waals surface area contributed by atoms with E-state index in [1.807, 2.05) is 80.6 Å². The molecule has 0 unspecified atom stereocenters. The van der Waals surface area contributed by atoms with Crippen LogP contribution < -0.4 is 10.2 Å². The summed E-state index contributed by atoms with van der Waals surface area (Å²) in [6, 6.07) is 26.4. The number of carbonyl (C=O) groups is 2. The fourth-order valence-electron chi connectivity index (χ4n) is 6.71. The maximum Gasteiger partial charge on any atom is 0.304 e. The van der Waals surface area contributed by atoms with E-state index in [9.17, 15) is 27.7 Å². The average Bonchev–Trinajstić information content (AvgIpc) is 3.71. The van der Waals surface area contributed by atoms with Crippen LogP contribution in [0.25, 0.3) is 26.9 Å². The lowest BCUT2D eigenvalue weighted by Crippen LogP contribution is -2.18. The van der Waals surface area contributed by atoms with Crippen LogP contribution in [0, 0.1) is 13.8 Å². The molecule has 0 radical (unpaired) electrons. The van der Waals surface area contributed by atoms with Crippen molar-refractivity contribution in [3.05, 3.63) is 127 Å². The second-order valence-electron chi connectivity index (χ2n) is 14.2. The number of aromatic hydroxyl groups is 1. The summed E-state index contributed by atoms with van der Waals surface area (Å²) in [6.07, 6.45) is 5.11.